The van der Waals surface area contributed by atoms with E-state index in [1.807, 2.05) is 23.9 Å². The van der Waals surface area contributed by atoms with Crippen molar-refractivity contribution in [2.24, 2.45) is 0 Å². The van der Waals surface area contributed by atoms with Crippen molar-refractivity contribution in [1.29, 1.82) is 0 Å². The molecule has 0 spiro atoms. The number of nitrogens with one attached hydrogen (secondary N) is 1. The molecule has 0 aromatic rings. The average Bonchev–Trinajstić information content (AvgIpc) is 2.46. The Balaban J connectivity index is 2.36. The standard InChI is InChI=1S/C10H21N3O/c1-4-9-8-13(7-5-6-11-2)10(14)12(9)3/h9,11H,4-8H2,1-3H3. The zero-order chi connectivity index (χ0) is 10.6. The van der Waals surface area contributed by atoms with Crippen LogP contribution >= 0.6 is 0 Å². The first-order valence-corrected chi connectivity index (χ1v) is 5.37. The summed E-state index contributed by atoms with van der Waals surface area (Å²) in [5, 5.41) is 3.09. The van der Waals surface area contributed by atoms with E-state index in [1.165, 1.54) is 0 Å². The van der Waals surface area contributed by atoms with Crippen molar-refractivity contribution in [1.82, 2.24) is 15.1 Å². The number of urea groups is 1. The van der Waals surface area contributed by atoms with Gasteiger partial charge in [-0.25, -0.2) is 4.79 Å². The van der Waals surface area contributed by atoms with Gasteiger partial charge in [0.15, 0.2) is 0 Å². The van der Waals surface area contributed by atoms with Gasteiger partial charge in [0.2, 0.25) is 0 Å². The van der Waals surface area contributed by atoms with Crippen LogP contribution in [0.25, 0.3) is 0 Å². The highest BCUT2D eigenvalue weighted by molar-refractivity contribution is 5.76. The molecule has 1 N–H and O–H groups in total. The van der Waals surface area contributed by atoms with Crippen molar-refractivity contribution in [2.75, 3.05) is 33.7 Å². The van der Waals surface area contributed by atoms with E-state index >= 15 is 0 Å². The molecule has 4 heteroatoms. The molecule has 0 bridgehead atoms. The van der Waals surface area contributed by atoms with E-state index in [1.54, 1.807) is 0 Å². The van der Waals surface area contributed by atoms with Crippen LogP contribution in [0.3, 0.4) is 0 Å². The summed E-state index contributed by atoms with van der Waals surface area (Å²) in [6, 6.07) is 0.602. The summed E-state index contributed by atoms with van der Waals surface area (Å²) >= 11 is 0. The average molecular weight is 199 g/mol. The van der Waals surface area contributed by atoms with Crippen LogP contribution < -0.4 is 5.32 Å². The Morgan fingerprint density at radius 1 is 1.57 bits per heavy atom. The third-order valence-corrected chi connectivity index (χ3v) is 2.88. The normalized spacial score (nSPS) is 22.2. The SMILES string of the molecule is CCC1CN(CCCNC)C(=O)N1C. The van der Waals surface area contributed by atoms with Gasteiger partial charge in [-0.15, -0.1) is 0 Å². The van der Waals surface area contributed by atoms with Gasteiger partial charge in [0, 0.05) is 20.1 Å². The van der Waals surface area contributed by atoms with Gasteiger partial charge in [-0.1, -0.05) is 6.92 Å². The monoisotopic (exact) mass is 199 g/mol. The van der Waals surface area contributed by atoms with Crippen LogP contribution in [-0.4, -0.2) is 55.6 Å². The van der Waals surface area contributed by atoms with Crippen molar-refractivity contribution >= 4 is 6.03 Å². The van der Waals surface area contributed by atoms with Crippen LogP contribution in [0.5, 0.6) is 0 Å². The molecule has 14 heavy (non-hydrogen) atoms. The highest BCUT2D eigenvalue weighted by Gasteiger charge is 2.32. The minimum atomic E-state index is 0.188. The van der Waals surface area contributed by atoms with Crippen LogP contribution in [0, 0.1) is 0 Å². The second-order valence-corrected chi connectivity index (χ2v) is 3.86. The number of carbonyl (C=O) groups excluding carboxylic acids is 1. The Morgan fingerprint density at radius 3 is 2.79 bits per heavy atom. The molecule has 1 rings (SSSR count). The summed E-state index contributed by atoms with van der Waals surface area (Å²) < 4.78 is 0. The number of carbonyl (C=O) groups is 1. The lowest BCUT2D eigenvalue weighted by Crippen LogP contribution is -2.32. The fourth-order valence-corrected chi connectivity index (χ4v) is 1.87. The first-order valence-electron chi connectivity index (χ1n) is 5.37. The number of nitrogens with zero attached hydrogens (tertiary/aromatic N) is 2. The number of rotatable bonds is 5. The molecule has 0 saturated carbocycles. The zero-order valence-electron chi connectivity index (χ0n) is 9.42. The number of amides is 2. The first-order chi connectivity index (χ1) is 6.70. The molecule has 0 aliphatic carbocycles. The van der Waals surface area contributed by atoms with Crippen molar-refractivity contribution in [3.05, 3.63) is 0 Å². The molecule has 0 aromatic carbocycles. The van der Waals surface area contributed by atoms with Crippen LogP contribution in [0.4, 0.5) is 4.79 Å². The van der Waals surface area contributed by atoms with E-state index < -0.39 is 0 Å². The van der Waals surface area contributed by atoms with E-state index in [4.69, 9.17) is 0 Å². The molecule has 1 atom stereocenters. The molecule has 1 saturated heterocycles. The summed E-state index contributed by atoms with van der Waals surface area (Å²) in [6.45, 7) is 4.88. The van der Waals surface area contributed by atoms with E-state index in [-0.39, 0.29) is 6.03 Å². The van der Waals surface area contributed by atoms with Crippen LogP contribution in [0.15, 0.2) is 0 Å². The van der Waals surface area contributed by atoms with Crippen LogP contribution in [0.2, 0.25) is 0 Å². The molecular formula is C10H21N3O. The fourth-order valence-electron chi connectivity index (χ4n) is 1.87. The molecular weight excluding hydrogens is 178 g/mol. The van der Waals surface area contributed by atoms with Crippen LogP contribution in [0.1, 0.15) is 19.8 Å². The van der Waals surface area contributed by atoms with Crippen molar-refractivity contribution < 1.29 is 4.79 Å². The highest BCUT2D eigenvalue weighted by atomic mass is 16.2. The number of hydrogen-bond donors (Lipinski definition) is 1. The van der Waals surface area contributed by atoms with E-state index in [2.05, 4.69) is 12.2 Å². The predicted octanol–water partition coefficient (Wildman–Crippen LogP) is 0.742. The summed E-state index contributed by atoms with van der Waals surface area (Å²) in [5.74, 6) is 0. The van der Waals surface area contributed by atoms with Crippen molar-refractivity contribution in [3.63, 3.8) is 0 Å². The van der Waals surface area contributed by atoms with Gasteiger partial charge in [0.25, 0.3) is 0 Å². The molecule has 1 aliphatic rings. The zero-order valence-corrected chi connectivity index (χ0v) is 9.42. The number of likely N-dealkylation sites (N-methyl/N-ethyl adjacent to an activating group) is 1. The maximum Gasteiger partial charge on any atom is 0.320 e. The molecule has 0 aromatic heterocycles. The Labute approximate surface area is 86.2 Å². The Kier molecular flexibility index (Phi) is 4.20. The van der Waals surface area contributed by atoms with Gasteiger partial charge in [0.1, 0.15) is 0 Å². The maximum absolute atomic E-state index is 11.7. The van der Waals surface area contributed by atoms with Gasteiger partial charge in [-0.2, -0.15) is 0 Å². The Hall–Kier alpha value is -0.770. The lowest BCUT2D eigenvalue weighted by atomic mass is 10.2. The smallest absolute Gasteiger partial charge is 0.320 e. The minimum Gasteiger partial charge on any atom is -0.323 e. The molecule has 1 unspecified atom stereocenters. The largest absolute Gasteiger partial charge is 0.323 e. The van der Waals surface area contributed by atoms with Gasteiger partial charge < -0.3 is 15.1 Å². The van der Waals surface area contributed by atoms with Crippen molar-refractivity contribution in [3.8, 4) is 0 Å². The summed E-state index contributed by atoms with van der Waals surface area (Å²) in [4.78, 5) is 15.5. The first kappa shape index (κ1) is 11.3. The lowest BCUT2D eigenvalue weighted by molar-refractivity contribution is 0.195. The van der Waals surface area contributed by atoms with Crippen LogP contribution in [-0.2, 0) is 0 Å². The topological polar surface area (TPSA) is 35.6 Å². The molecule has 1 aliphatic heterocycles. The molecule has 82 valence electrons. The third-order valence-electron chi connectivity index (χ3n) is 2.88. The quantitative estimate of drug-likeness (QED) is 0.663. The molecule has 4 nitrogen and oxygen atoms in total. The van der Waals surface area contributed by atoms with E-state index in [0.717, 1.165) is 32.5 Å². The molecule has 1 fully saturated rings. The highest BCUT2D eigenvalue weighted by Crippen LogP contribution is 2.16. The van der Waals surface area contributed by atoms with E-state index in [0.29, 0.717) is 6.04 Å². The number of hydrogen-bond acceptors (Lipinski definition) is 2. The molecule has 0 radical (unpaired) electrons. The predicted molar refractivity (Wildman–Crippen MR) is 57.4 cm³/mol. The van der Waals surface area contributed by atoms with Crippen molar-refractivity contribution in [2.45, 2.75) is 25.8 Å². The third kappa shape index (κ3) is 2.38. The minimum absolute atomic E-state index is 0.188. The summed E-state index contributed by atoms with van der Waals surface area (Å²) in [5.41, 5.74) is 0. The summed E-state index contributed by atoms with van der Waals surface area (Å²) in [7, 11) is 3.83. The molecule has 2 amide bonds. The van der Waals surface area contributed by atoms with Gasteiger partial charge in [0.05, 0.1) is 6.04 Å². The summed E-state index contributed by atoms with van der Waals surface area (Å²) in [6.07, 6.45) is 2.08. The second kappa shape index (κ2) is 5.20. The second-order valence-electron chi connectivity index (χ2n) is 3.86. The van der Waals surface area contributed by atoms with Gasteiger partial charge in [-0.05, 0) is 26.4 Å². The van der Waals surface area contributed by atoms with E-state index in [9.17, 15) is 4.79 Å². The Bertz CT molecular complexity index is 196. The fraction of sp³-hybridized carbons (Fsp3) is 0.900. The Morgan fingerprint density at radius 2 is 2.29 bits per heavy atom. The lowest BCUT2D eigenvalue weighted by Gasteiger charge is -2.15. The van der Waals surface area contributed by atoms with Gasteiger partial charge in [-0.3, -0.25) is 0 Å². The van der Waals surface area contributed by atoms with Gasteiger partial charge >= 0.3 is 6.03 Å². The maximum atomic E-state index is 11.7. The molecule has 1 heterocycles.